The van der Waals surface area contributed by atoms with E-state index in [0.29, 0.717) is 0 Å². The molecular formula is C40H24N2. The predicted octanol–water partition coefficient (Wildman–Crippen LogP) is 10.6. The standard InChI is InChI=1S/C40H24N2/c1-2-11-27(12-3-1)38-39(42-40-29-15-5-4-10-25(29)21-23-36(40)41-38)28-20-22-32-34-19-9-14-26-13-8-18-33(37(26)34)30-16-6-7-17-31(30)35(32)24-28/h1-24H. The molecule has 1 aliphatic carbocycles. The van der Waals surface area contributed by atoms with Gasteiger partial charge in [0.2, 0.25) is 0 Å². The maximum absolute atomic E-state index is 5.39. The molecule has 7 aromatic carbocycles. The quantitative estimate of drug-likeness (QED) is 0.207. The van der Waals surface area contributed by atoms with Gasteiger partial charge >= 0.3 is 0 Å². The molecule has 1 aliphatic rings. The second kappa shape index (κ2) is 8.95. The van der Waals surface area contributed by atoms with Gasteiger partial charge in [0.25, 0.3) is 0 Å². The van der Waals surface area contributed by atoms with Crippen molar-refractivity contribution in [2.24, 2.45) is 0 Å². The Morgan fingerprint density at radius 3 is 1.79 bits per heavy atom. The van der Waals surface area contributed by atoms with Crippen molar-refractivity contribution in [1.29, 1.82) is 0 Å². The van der Waals surface area contributed by atoms with Gasteiger partial charge in [-0.2, -0.15) is 0 Å². The first-order chi connectivity index (χ1) is 20.8. The van der Waals surface area contributed by atoms with Gasteiger partial charge in [-0.15, -0.1) is 0 Å². The molecule has 1 heterocycles. The molecule has 0 N–H and O–H groups in total. The van der Waals surface area contributed by atoms with Gasteiger partial charge in [0.05, 0.1) is 22.4 Å². The Morgan fingerprint density at radius 2 is 0.976 bits per heavy atom. The normalized spacial score (nSPS) is 11.8. The zero-order valence-electron chi connectivity index (χ0n) is 22.8. The largest absolute Gasteiger partial charge is 0.244 e. The van der Waals surface area contributed by atoms with Crippen molar-refractivity contribution in [3.63, 3.8) is 0 Å². The molecule has 0 saturated heterocycles. The molecule has 194 valence electrons. The van der Waals surface area contributed by atoms with Crippen LogP contribution in [0.15, 0.2) is 146 Å². The van der Waals surface area contributed by atoms with E-state index < -0.39 is 0 Å². The molecule has 0 spiro atoms. The molecule has 1 aromatic heterocycles. The highest BCUT2D eigenvalue weighted by atomic mass is 14.8. The second-order valence-corrected chi connectivity index (χ2v) is 11.0. The Balaban J connectivity index is 1.37. The van der Waals surface area contributed by atoms with Gasteiger partial charge in [0, 0.05) is 16.5 Å². The van der Waals surface area contributed by atoms with Crippen LogP contribution in [-0.4, -0.2) is 9.97 Å². The van der Waals surface area contributed by atoms with E-state index in [4.69, 9.17) is 9.97 Å². The Bertz CT molecular complexity index is 2350. The highest BCUT2D eigenvalue weighted by Crippen LogP contribution is 2.48. The van der Waals surface area contributed by atoms with Crippen LogP contribution in [0.1, 0.15) is 0 Å². The van der Waals surface area contributed by atoms with Crippen LogP contribution in [0, 0.1) is 0 Å². The average molecular weight is 533 g/mol. The lowest BCUT2D eigenvalue weighted by molar-refractivity contribution is 1.30. The van der Waals surface area contributed by atoms with Gasteiger partial charge < -0.3 is 0 Å². The summed E-state index contributed by atoms with van der Waals surface area (Å²) in [5, 5.41) is 4.85. The summed E-state index contributed by atoms with van der Waals surface area (Å²) in [6.45, 7) is 0. The summed E-state index contributed by atoms with van der Waals surface area (Å²) >= 11 is 0. The van der Waals surface area contributed by atoms with Crippen molar-refractivity contribution in [1.82, 2.24) is 9.97 Å². The van der Waals surface area contributed by atoms with Gasteiger partial charge in [-0.1, -0.05) is 133 Å². The third-order valence-electron chi connectivity index (χ3n) is 8.60. The molecule has 9 rings (SSSR count). The minimum atomic E-state index is 0.894. The molecule has 0 aliphatic heterocycles. The molecule has 2 heteroatoms. The summed E-state index contributed by atoms with van der Waals surface area (Å²) in [4.78, 5) is 10.6. The first kappa shape index (κ1) is 23.1. The number of nitrogens with zero attached hydrogens (tertiary/aromatic N) is 2. The summed E-state index contributed by atoms with van der Waals surface area (Å²) in [6.07, 6.45) is 0. The van der Waals surface area contributed by atoms with Crippen LogP contribution in [-0.2, 0) is 0 Å². The van der Waals surface area contributed by atoms with Gasteiger partial charge in [0.1, 0.15) is 0 Å². The topological polar surface area (TPSA) is 25.8 Å². The van der Waals surface area contributed by atoms with Gasteiger partial charge in [0.15, 0.2) is 0 Å². The van der Waals surface area contributed by atoms with E-state index in [0.717, 1.165) is 38.9 Å². The summed E-state index contributed by atoms with van der Waals surface area (Å²) in [5.41, 5.74) is 13.2. The van der Waals surface area contributed by atoms with Crippen molar-refractivity contribution in [2.45, 2.75) is 0 Å². The first-order valence-electron chi connectivity index (χ1n) is 14.3. The molecule has 2 nitrogen and oxygen atoms in total. The fourth-order valence-corrected chi connectivity index (χ4v) is 6.68. The number of fused-ring (bicyclic) bond motifs is 8. The fraction of sp³-hybridized carbons (Fsp3) is 0. The monoisotopic (exact) mass is 532 g/mol. The number of hydrogen-bond donors (Lipinski definition) is 0. The molecule has 42 heavy (non-hydrogen) atoms. The summed E-state index contributed by atoms with van der Waals surface area (Å²) in [7, 11) is 0. The number of hydrogen-bond acceptors (Lipinski definition) is 2. The van der Waals surface area contributed by atoms with E-state index in [1.54, 1.807) is 0 Å². The summed E-state index contributed by atoms with van der Waals surface area (Å²) < 4.78 is 0. The highest BCUT2D eigenvalue weighted by Gasteiger charge is 2.23. The average Bonchev–Trinajstić information content (AvgIpc) is 3.18. The van der Waals surface area contributed by atoms with Gasteiger partial charge in [-0.25, -0.2) is 9.97 Å². The van der Waals surface area contributed by atoms with Crippen LogP contribution < -0.4 is 0 Å². The minimum Gasteiger partial charge on any atom is -0.244 e. The molecule has 0 fully saturated rings. The molecular weight excluding hydrogens is 508 g/mol. The van der Waals surface area contributed by atoms with Crippen LogP contribution in [0.3, 0.4) is 0 Å². The number of rotatable bonds is 2. The van der Waals surface area contributed by atoms with Crippen LogP contribution in [0.25, 0.3) is 88.5 Å². The summed E-state index contributed by atoms with van der Waals surface area (Å²) in [5.74, 6) is 0. The SMILES string of the molecule is c1ccc(-c2nc3ccc4ccccc4c3nc2-c2ccc3c(c2)-c2ccccc2-c2cccc4cccc-3c24)cc1. The van der Waals surface area contributed by atoms with E-state index in [1.165, 1.54) is 49.5 Å². The Labute approximate surface area is 243 Å². The van der Waals surface area contributed by atoms with Crippen LogP contribution >= 0.6 is 0 Å². The molecule has 0 unspecified atom stereocenters. The van der Waals surface area contributed by atoms with E-state index in [9.17, 15) is 0 Å². The first-order valence-corrected chi connectivity index (χ1v) is 14.3. The number of aromatic nitrogens is 2. The summed E-state index contributed by atoms with van der Waals surface area (Å²) in [6, 6.07) is 52.0. The minimum absolute atomic E-state index is 0.894. The molecule has 0 bridgehead atoms. The lowest BCUT2D eigenvalue weighted by Crippen LogP contribution is -1.97. The Kier molecular flexibility index (Phi) is 4.93. The van der Waals surface area contributed by atoms with Gasteiger partial charge in [-0.05, 0) is 61.7 Å². The van der Waals surface area contributed by atoms with Gasteiger partial charge in [-0.3, -0.25) is 0 Å². The molecule has 8 aromatic rings. The van der Waals surface area contributed by atoms with Crippen molar-refractivity contribution >= 4 is 32.6 Å². The van der Waals surface area contributed by atoms with Crippen molar-refractivity contribution in [3.05, 3.63) is 146 Å². The second-order valence-electron chi connectivity index (χ2n) is 11.0. The van der Waals surface area contributed by atoms with E-state index in [-0.39, 0.29) is 0 Å². The van der Waals surface area contributed by atoms with Crippen molar-refractivity contribution in [2.75, 3.05) is 0 Å². The maximum Gasteiger partial charge on any atom is 0.0973 e. The van der Waals surface area contributed by atoms with E-state index >= 15 is 0 Å². The van der Waals surface area contributed by atoms with Crippen molar-refractivity contribution in [3.8, 4) is 55.9 Å². The molecule has 0 radical (unpaired) electrons. The lowest BCUT2D eigenvalue weighted by atomic mass is 9.91. The van der Waals surface area contributed by atoms with E-state index in [2.05, 4.69) is 140 Å². The molecule has 0 saturated carbocycles. The Hall–Kier alpha value is -5.60. The smallest absolute Gasteiger partial charge is 0.0973 e. The third kappa shape index (κ3) is 3.39. The number of benzene rings is 7. The molecule has 0 atom stereocenters. The maximum atomic E-state index is 5.39. The lowest BCUT2D eigenvalue weighted by Gasteiger charge is -2.15. The fourth-order valence-electron chi connectivity index (χ4n) is 6.68. The predicted molar refractivity (Wildman–Crippen MR) is 175 cm³/mol. The highest BCUT2D eigenvalue weighted by molar-refractivity contribution is 6.14. The third-order valence-corrected chi connectivity index (χ3v) is 8.60. The van der Waals surface area contributed by atoms with Crippen molar-refractivity contribution < 1.29 is 0 Å². The Morgan fingerprint density at radius 1 is 0.357 bits per heavy atom. The zero-order valence-corrected chi connectivity index (χ0v) is 22.8. The van der Waals surface area contributed by atoms with Crippen LogP contribution in [0.4, 0.5) is 0 Å². The zero-order chi connectivity index (χ0) is 27.6. The van der Waals surface area contributed by atoms with E-state index in [1.807, 2.05) is 6.07 Å². The van der Waals surface area contributed by atoms with Crippen LogP contribution in [0.5, 0.6) is 0 Å². The molecule has 0 amide bonds. The van der Waals surface area contributed by atoms with Crippen LogP contribution in [0.2, 0.25) is 0 Å².